The lowest BCUT2D eigenvalue weighted by atomic mass is 9.91. The molecule has 138 valence electrons. The van der Waals surface area contributed by atoms with E-state index in [-0.39, 0.29) is 5.91 Å². The Bertz CT molecular complexity index is 765. The van der Waals surface area contributed by atoms with Crippen LogP contribution in [0, 0.1) is 0 Å². The number of hydrogen-bond donors (Lipinski definition) is 0. The summed E-state index contributed by atoms with van der Waals surface area (Å²) in [5.74, 6) is 0.384. The molecule has 6 heteroatoms. The van der Waals surface area contributed by atoms with E-state index in [1.165, 1.54) is 0 Å². The minimum Gasteiger partial charge on any atom is -0.493 e. The smallest absolute Gasteiger partial charge is 0.266 e. The maximum Gasteiger partial charge on any atom is 0.266 e. The monoisotopic (exact) mass is 392 g/mol. The van der Waals surface area contributed by atoms with E-state index in [9.17, 15) is 4.79 Å². The number of carbonyl (C=O) groups excluding carboxylic acids is 1. The van der Waals surface area contributed by atoms with Crippen LogP contribution >= 0.6 is 23.2 Å². The summed E-state index contributed by atoms with van der Waals surface area (Å²) in [5, 5.41) is 0. The summed E-state index contributed by atoms with van der Waals surface area (Å²) >= 11 is 12.8. The van der Waals surface area contributed by atoms with Crippen molar-refractivity contribution in [2.75, 3.05) is 32.1 Å². The quantitative estimate of drug-likeness (QED) is 0.400. The van der Waals surface area contributed by atoms with E-state index in [1.54, 1.807) is 4.90 Å². The Kier molecular flexibility index (Phi) is 5.76. The van der Waals surface area contributed by atoms with Crippen molar-refractivity contribution in [3.63, 3.8) is 0 Å². The van der Waals surface area contributed by atoms with Crippen molar-refractivity contribution in [3.8, 4) is 5.75 Å². The summed E-state index contributed by atoms with van der Waals surface area (Å²) in [7, 11) is 4.06. The molecule has 3 rings (SSSR count). The molecule has 0 spiro atoms. The van der Waals surface area contributed by atoms with Crippen LogP contribution in [0.15, 0.2) is 54.6 Å². The predicted octanol–water partition coefficient (Wildman–Crippen LogP) is 4.28. The summed E-state index contributed by atoms with van der Waals surface area (Å²) in [4.78, 5) is 16.3. The van der Waals surface area contributed by atoms with Gasteiger partial charge in [0.1, 0.15) is 11.8 Å². The first-order chi connectivity index (χ1) is 12.4. The highest BCUT2D eigenvalue weighted by molar-refractivity contribution is 6.62. The second kappa shape index (κ2) is 7.87. The van der Waals surface area contributed by atoms with E-state index in [2.05, 4.69) is 4.90 Å². The zero-order valence-corrected chi connectivity index (χ0v) is 16.4. The van der Waals surface area contributed by atoms with Gasteiger partial charge in [-0.25, -0.2) is 0 Å². The summed E-state index contributed by atoms with van der Waals surface area (Å²) in [6.45, 7) is 1.52. The lowest BCUT2D eigenvalue weighted by Gasteiger charge is -2.49. The Labute approximate surface area is 164 Å². The molecule has 4 nitrogen and oxygen atoms in total. The molecule has 0 aliphatic carbocycles. The number of para-hydroxylation sites is 2. The molecule has 1 atom stereocenters. The molecule has 1 heterocycles. The van der Waals surface area contributed by atoms with Crippen LogP contribution in [0.25, 0.3) is 0 Å². The number of ether oxygens (including phenoxy) is 1. The molecule has 0 aromatic heterocycles. The lowest BCUT2D eigenvalue weighted by Crippen LogP contribution is -2.63. The average molecular weight is 393 g/mol. The molecular weight excluding hydrogens is 371 g/mol. The molecule has 0 N–H and O–H groups in total. The number of amides is 1. The molecule has 1 unspecified atom stereocenters. The zero-order valence-electron chi connectivity index (χ0n) is 14.9. The minimum absolute atomic E-state index is 0.320. The van der Waals surface area contributed by atoms with E-state index < -0.39 is 10.4 Å². The van der Waals surface area contributed by atoms with E-state index in [4.69, 9.17) is 27.9 Å². The van der Waals surface area contributed by atoms with Gasteiger partial charge in [-0.15, -0.1) is 0 Å². The third kappa shape index (κ3) is 3.68. The van der Waals surface area contributed by atoms with Crippen LogP contribution in [-0.4, -0.2) is 42.4 Å². The first kappa shape index (κ1) is 19.0. The fourth-order valence-corrected chi connectivity index (χ4v) is 3.69. The van der Waals surface area contributed by atoms with Crippen molar-refractivity contribution < 1.29 is 9.53 Å². The number of benzene rings is 2. The van der Waals surface area contributed by atoms with Crippen LogP contribution in [-0.2, 0) is 4.79 Å². The van der Waals surface area contributed by atoms with Crippen molar-refractivity contribution in [2.45, 2.75) is 16.8 Å². The first-order valence-corrected chi connectivity index (χ1v) is 9.31. The fourth-order valence-electron chi connectivity index (χ4n) is 3.08. The van der Waals surface area contributed by atoms with Gasteiger partial charge in [-0.3, -0.25) is 9.69 Å². The molecule has 0 saturated carbocycles. The van der Waals surface area contributed by atoms with E-state index in [0.29, 0.717) is 12.4 Å². The van der Waals surface area contributed by atoms with Gasteiger partial charge in [-0.1, -0.05) is 59.6 Å². The van der Waals surface area contributed by atoms with Gasteiger partial charge in [0.05, 0.1) is 6.61 Å². The number of nitrogens with zero attached hydrogens (tertiary/aromatic N) is 2. The molecule has 0 radical (unpaired) electrons. The highest BCUT2D eigenvalue weighted by Crippen LogP contribution is 2.54. The number of hydrogen-bond acceptors (Lipinski definition) is 3. The van der Waals surface area contributed by atoms with Gasteiger partial charge >= 0.3 is 0 Å². The predicted molar refractivity (Wildman–Crippen MR) is 106 cm³/mol. The number of anilines is 1. The number of halogens is 2. The van der Waals surface area contributed by atoms with Crippen molar-refractivity contribution in [1.82, 2.24) is 4.90 Å². The van der Waals surface area contributed by atoms with E-state index >= 15 is 0 Å². The molecule has 1 saturated heterocycles. The SMILES string of the molecule is CN(C)CCCOc1ccccc1C1N(c2ccccc2)C(=O)C1(Cl)Cl. The van der Waals surface area contributed by atoms with Gasteiger partial charge in [0.25, 0.3) is 5.91 Å². The first-order valence-electron chi connectivity index (χ1n) is 8.56. The van der Waals surface area contributed by atoms with Crippen LogP contribution in [0.2, 0.25) is 0 Å². The molecule has 0 bridgehead atoms. The normalized spacial score (nSPS) is 18.7. The highest BCUT2D eigenvalue weighted by atomic mass is 35.5. The summed E-state index contributed by atoms with van der Waals surface area (Å²) in [6.07, 6.45) is 0.903. The number of alkyl halides is 2. The molecule has 1 fully saturated rings. The molecular formula is C20H22Cl2N2O2. The lowest BCUT2D eigenvalue weighted by molar-refractivity contribution is -0.125. The Balaban J connectivity index is 1.85. The van der Waals surface area contributed by atoms with E-state index in [1.807, 2.05) is 68.7 Å². The van der Waals surface area contributed by atoms with Crippen LogP contribution in [0.5, 0.6) is 5.75 Å². The summed E-state index contributed by atoms with van der Waals surface area (Å²) in [5.41, 5.74) is 1.58. The van der Waals surface area contributed by atoms with Gasteiger partial charge in [-0.2, -0.15) is 0 Å². The van der Waals surface area contributed by atoms with Gasteiger partial charge < -0.3 is 9.64 Å². The maximum atomic E-state index is 12.5. The Morgan fingerprint density at radius 2 is 1.73 bits per heavy atom. The van der Waals surface area contributed by atoms with Gasteiger partial charge in [0.2, 0.25) is 4.33 Å². The average Bonchev–Trinajstić information content (AvgIpc) is 2.63. The summed E-state index contributed by atoms with van der Waals surface area (Å²) in [6, 6.07) is 16.5. The zero-order chi connectivity index (χ0) is 18.7. The molecule has 1 aliphatic rings. The standard InChI is InChI=1S/C20H22Cl2N2O2/c1-23(2)13-8-14-26-17-12-7-6-11-16(17)18-20(21,22)19(25)24(18)15-9-4-3-5-10-15/h3-7,9-12,18H,8,13-14H2,1-2H3. The highest BCUT2D eigenvalue weighted by Gasteiger charge is 2.61. The molecule has 2 aromatic carbocycles. The Hall–Kier alpha value is -1.75. The van der Waals surface area contributed by atoms with Gasteiger partial charge in [0.15, 0.2) is 0 Å². The topological polar surface area (TPSA) is 32.8 Å². The molecule has 1 amide bonds. The number of rotatable bonds is 7. The van der Waals surface area contributed by atoms with Crippen LogP contribution in [0.1, 0.15) is 18.0 Å². The van der Waals surface area contributed by atoms with Gasteiger partial charge in [-0.05, 0) is 38.7 Å². The van der Waals surface area contributed by atoms with Gasteiger partial charge in [0, 0.05) is 17.8 Å². The second-order valence-corrected chi connectivity index (χ2v) is 7.97. The molecule has 1 aliphatic heterocycles. The fraction of sp³-hybridized carbons (Fsp3) is 0.350. The number of carbonyl (C=O) groups is 1. The van der Waals surface area contributed by atoms with Crippen molar-refractivity contribution in [2.24, 2.45) is 0 Å². The largest absolute Gasteiger partial charge is 0.493 e. The van der Waals surface area contributed by atoms with Crippen LogP contribution in [0.3, 0.4) is 0 Å². The summed E-state index contributed by atoms with van der Waals surface area (Å²) < 4.78 is 4.47. The Morgan fingerprint density at radius 1 is 1.08 bits per heavy atom. The number of β-lactam (4-membered cyclic amide) rings is 1. The Morgan fingerprint density at radius 3 is 2.42 bits per heavy atom. The second-order valence-electron chi connectivity index (χ2n) is 6.58. The maximum absolute atomic E-state index is 12.5. The van der Waals surface area contributed by atoms with Crippen molar-refractivity contribution in [1.29, 1.82) is 0 Å². The van der Waals surface area contributed by atoms with E-state index in [0.717, 1.165) is 24.2 Å². The van der Waals surface area contributed by atoms with Crippen molar-refractivity contribution in [3.05, 3.63) is 60.2 Å². The molecule has 2 aromatic rings. The van der Waals surface area contributed by atoms with Crippen molar-refractivity contribution >= 4 is 34.8 Å². The van der Waals surface area contributed by atoms with Crippen LogP contribution < -0.4 is 9.64 Å². The van der Waals surface area contributed by atoms with Crippen LogP contribution in [0.4, 0.5) is 5.69 Å². The molecule has 26 heavy (non-hydrogen) atoms. The third-order valence-electron chi connectivity index (χ3n) is 4.36. The third-order valence-corrected chi connectivity index (χ3v) is 5.10. The minimum atomic E-state index is -1.50.